The molecule has 0 radical (unpaired) electrons. The van der Waals surface area contributed by atoms with E-state index in [1.165, 1.54) is 43.4 Å². The summed E-state index contributed by atoms with van der Waals surface area (Å²) in [7, 11) is 0. The normalized spacial score (nSPS) is 26.3. The predicted octanol–water partition coefficient (Wildman–Crippen LogP) is 4.74. The molecule has 4 nitrogen and oxygen atoms in total. The monoisotopic (exact) mass is 390 g/mol. The summed E-state index contributed by atoms with van der Waals surface area (Å²) in [5.41, 5.74) is 2.74. The van der Waals surface area contributed by atoms with Crippen LogP contribution < -0.4 is 0 Å². The fourth-order valence-electron chi connectivity index (χ4n) is 5.32. The van der Waals surface area contributed by atoms with Crippen LogP contribution in [0.1, 0.15) is 36.8 Å². The Bertz CT molecular complexity index is 823. The van der Waals surface area contributed by atoms with E-state index in [9.17, 15) is 0 Å². The summed E-state index contributed by atoms with van der Waals surface area (Å²) in [6.07, 6.45) is 6.87. The highest BCUT2D eigenvalue weighted by Crippen LogP contribution is 2.40. The Morgan fingerprint density at radius 3 is 2.38 bits per heavy atom. The molecule has 2 aromatic rings. The lowest BCUT2D eigenvalue weighted by Gasteiger charge is -2.42. The van der Waals surface area contributed by atoms with Gasteiger partial charge in [0, 0.05) is 25.2 Å². The zero-order valence-corrected chi connectivity index (χ0v) is 17.0. The van der Waals surface area contributed by atoms with E-state index in [1.54, 1.807) is 6.26 Å². The first kappa shape index (κ1) is 18.6. The lowest BCUT2D eigenvalue weighted by molar-refractivity contribution is 0.0179. The van der Waals surface area contributed by atoms with Crippen molar-refractivity contribution >= 4 is 0 Å². The van der Waals surface area contributed by atoms with Gasteiger partial charge in [-0.3, -0.25) is 4.90 Å². The van der Waals surface area contributed by atoms with Crippen molar-refractivity contribution in [2.45, 2.75) is 50.9 Å². The summed E-state index contributed by atoms with van der Waals surface area (Å²) < 4.78 is 11.2. The van der Waals surface area contributed by atoms with E-state index >= 15 is 0 Å². The molecule has 29 heavy (non-hydrogen) atoms. The molecule has 0 N–H and O–H groups in total. The van der Waals surface area contributed by atoms with Crippen molar-refractivity contribution in [3.05, 3.63) is 83.9 Å². The first-order chi connectivity index (χ1) is 14.4. The minimum atomic E-state index is 0.333. The number of benzene rings is 2. The van der Waals surface area contributed by atoms with E-state index in [2.05, 4.69) is 70.5 Å². The highest BCUT2D eigenvalue weighted by molar-refractivity contribution is 5.17. The average molecular weight is 391 g/mol. The minimum Gasteiger partial charge on any atom is -0.459 e. The molecule has 3 aliphatic rings. The van der Waals surface area contributed by atoms with Crippen molar-refractivity contribution in [3.63, 3.8) is 0 Å². The van der Waals surface area contributed by atoms with Crippen molar-refractivity contribution in [3.8, 4) is 0 Å². The predicted molar refractivity (Wildman–Crippen MR) is 113 cm³/mol. The van der Waals surface area contributed by atoms with Gasteiger partial charge in [0.2, 0.25) is 12.7 Å². The van der Waals surface area contributed by atoms with Gasteiger partial charge in [0.05, 0.1) is 0 Å². The fraction of sp³-hybridized carbons (Fsp3) is 0.440. The average Bonchev–Trinajstić information content (AvgIpc) is 3.44. The number of hydrogen-bond acceptors (Lipinski definition) is 4. The van der Waals surface area contributed by atoms with Crippen LogP contribution in [0.5, 0.6) is 0 Å². The van der Waals surface area contributed by atoms with Crippen molar-refractivity contribution in [1.29, 1.82) is 0 Å². The van der Waals surface area contributed by atoms with Gasteiger partial charge in [-0.15, -0.1) is 0 Å². The van der Waals surface area contributed by atoms with Crippen LogP contribution in [-0.2, 0) is 22.6 Å². The maximum Gasteiger partial charge on any atom is 0.232 e. The molecule has 3 atom stereocenters. The van der Waals surface area contributed by atoms with Crippen LogP contribution in [-0.4, -0.2) is 35.2 Å². The second-order valence-electron chi connectivity index (χ2n) is 8.54. The Morgan fingerprint density at radius 2 is 1.66 bits per heavy atom. The Labute approximate surface area is 173 Å². The maximum atomic E-state index is 5.83. The zero-order chi connectivity index (χ0) is 19.5. The van der Waals surface area contributed by atoms with Crippen LogP contribution in [0.25, 0.3) is 0 Å². The zero-order valence-electron chi connectivity index (χ0n) is 17.0. The van der Waals surface area contributed by atoms with E-state index in [4.69, 9.17) is 9.47 Å². The SMILES string of the molecule is C1=C(N(Cc2ccccc2)C2CCC3CCN(Cc4ccccc4)C3C2)OCO1. The second kappa shape index (κ2) is 8.50. The molecule has 2 heterocycles. The third kappa shape index (κ3) is 4.13. The van der Waals surface area contributed by atoms with Gasteiger partial charge in [-0.05, 0) is 49.3 Å². The highest BCUT2D eigenvalue weighted by Gasteiger charge is 2.41. The number of ether oxygens (including phenoxy) is 2. The van der Waals surface area contributed by atoms with Crippen LogP contribution in [0.15, 0.2) is 72.8 Å². The molecule has 4 heteroatoms. The Balaban J connectivity index is 1.32. The standard InChI is InChI=1S/C25H30N2O2/c1-3-7-20(8-4-1)16-26-14-13-22-11-12-23(15-24(22)26)27(25-18-28-19-29-25)17-21-9-5-2-6-10-21/h1-10,18,22-24H,11-17,19H2. The first-order valence-corrected chi connectivity index (χ1v) is 10.9. The summed E-state index contributed by atoms with van der Waals surface area (Å²) in [5.74, 6) is 1.73. The van der Waals surface area contributed by atoms with E-state index in [0.29, 0.717) is 18.9 Å². The summed E-state index contributed by atoms with van der Waals surface area (Å²) >= 11 is 0. The third-order valence-corrected chi connectivity index (χ3v) is 6.79. The molecule has 1 saturated heterocycles. The van der Waals surface area contributed by atoms with Crippen LogP contribution in [0.4, 0.5) is 0 Å². The van der Waals surface area contributed by atoms with Crippen LogP contribution in [0.3, 0.4) is 0 Å². The van der Waals surface area contributed by atoms with Crippen LogP contribution >= 0.6 is 0 Å². The van der Waals surface area contributed by atoms with Crippen molar-refractivity contribution in [1.82, 2.24) is 9.80 Å². The van der Waals surface area contributed by atoms with E-state index in [0.717, 1.165) is 24.9 Å². The molecule has 2 aromatic carbocycles. The van der Waals surface area contributed by atoms with Gasteiger partial charge in [-0.1, -0.05) is 60.7 Å². The highest BCUT2D eigenvalue weighted by atomic mass is 16.7. The molecule has 0 bridgehead atoms. The quantitative estimate of drug-likeness (QED) is 0.712. The molecular weight excluding hydrogens is 360 g/mol. The second-order valence-corrected chi connectivity index (χ2v) is 8.54. The van der Waals surface area contributed by atoms with E-state index < -0.39 is 0 Å². The summed E-state index contributed by atoms with van der Waals surface area (Å²) in [6.45, 7) is 3.49. The van der Waals surface area contributed by atoms with Crippen molar-refractivity contribution in [2.24, 2.45) is 5.92 Å². The van der Waals surface area contributed by atoms with Gasteiger partial charge in [0.1, 0.15) is 6.26 Å². The number of rotatable bonds is 6. The Hall–Kier alpha value is -2.46. The molecule has 1 saturated carbocycles. The fourth-order valence-corrected chi connectivity index (χ4v) is 5.32. The largest absolute Gasteiger partial charge is 0.459 e. The van der Waals surface area contributed by atoms with Gasteiger partial charge < -0.3 is 14.4 Å². The number of hydrogen-bond donors (Lipinski definition) is 0. The summed E-state index contributed by atoms with van der Waals surface area (Å²) in [4.78, 5) is 5.16. The lowest BCUT2D eigenvalue weighted by Crippen LogP contribution is -2.45. The Morgan fingerprint density at radius 1 is 0.897 bits per heavy atom. The molecule has 0 aromatic heterocycles. The van der Waals surface area contributed by atoms with Crippen molar-refractivity contribution < 1.29 is 9.47 Å². The summed E-state index contributed by atoms with van der Waals surface area (Å²) in [5, 5.41) is 0. The van der Waals surface area contributed by atoms with Gasteiger partial charge >= 0.3 is 0 Å². The molecule has 3 unspecified atom stereocenters. The van der Waals surface area contributed by atoms with Crippen LogP contribution in [0.2, 0.25) is 0 Å². The molecule has 0 amide bonds. The minimum absolute atomic E-state index is 0.333. The topological polar surface area (TPSA) is 24.9 Å². The number of nitrogens with zero attached hydrogens (tertiary/aromatic N) is 2. The number of fused-ring (bicyclic) bond motifs is 1. The van der Waals surface area contributed by atoms with Gasteiger partial charge in [-0.25, -0.2) is 0 Å². The van der Waals surface area contributed by atoms with Gasteiger partial charge in [-0.2, -0.15) is 0 Å². The van der Waals surface area contributed by atoms with E-state index in [1.807, 2.05) is 0 Å². The van der Waals surface area contributed by atoms with Crippen molar-refractivity contribution in [2.75, 3.05) is 13.3 Å². The smallest absolute Gasteiger partial charge is 0.232 e. The molecular formula is C25H30N2O2. The molecule has 152 valence electrons. The molecule has 2 aliphatic heterocycles. The molecule has 0 spiro atoms. The maximum absolute atomic E-state index is 5.83. The molecule has 1 aliphatic carbocycles. The Kier molecular flexibility index (Phi) is 5.44. The van der Waals surface area contributed by atoms with Crippen LogP contribution in [0, 0.1) is 5.92 Å². The molecule has 5 rings (SSSR count). The third-order valence-electron chi connectivity index (χ3n) is 6.79. The first-order valence-electron chi connectivity index (χ1n) is 10.9. The van der Waals surface area contributed by atoms with E-state index in [-0.39, 0.29) is 0 Å². The van der Waals surface area contributed by atoms with Gasteiger partial charge in [0.15, 0.2) is 0 Å². The summed E-state index contributed by atoms with van der Waals surface area (Å²) in [6, 6.07) is 22.8. The number of likely N-dealkylation sites (tertiary alicyclic amines) is 1. The van der Waals surface area contributed by atoms with Gasteiger partial charge in [0.25, 0.3) is 0 Å². The lowest BCUT2D eigenvalue weighted by atomic mass is 9.81. The molecule has 2 fully saturated rings.